The van der Waals surface area contributed by atoms with Crippen molar-refractivity contribution in [3.63, 3.8) is 0 Å². The number of rotatable bonds is 5. The van der Waals surface area contributed by atoms with Crippen LogP contribution in [0, 0.1) is 0 Å². The summed E-state index contributed by atoms with van der Waals surface area (Å²) in [5.41, 5.74) is 1.62. The molecule has 0 bridgehead atoms. The van der Waals surface area contributed by atoms with E-state index in [0.29, 0.717) is 17.6 Å². The summed E-state index contributed by atoms with van der Waals surface area (Å²) in [6.45, 7) is 5.81. The van der Waals surface area contributed by atoms with Gasteiger partial charge in [-0.1, -0.05) is 25.1 Å². The number of aromatic nitrogens is 2. The summed E-state index contributed by atoms with van der Waals surface area (Å²) in [7, 11) is 0. The van der Waals surface area contributed by atoms with E-state index in [1.54, 1.807) is 12.4 Å². The number of carbonyl (C=O) groups excluding carboxylic acids is 1. The summed E-state index contributed by atoms with van der Waals surface area (Å²) in [5, 5.41) is 0. The first-order chi connectivity index (χ1) is 12.2. The van der Waals surface area contributed by atoms with Crippen molar-refractivity contribution in [1.29, 1.82) is 0 Å². The molecule has 1 aliphatic rings. The maximum absolute atomic E-state index is 12.8. The molecule has 2 heterocycles. The van der Waals surface area contributed by atoms with Gasteiger partial charge in [-0.15, -0.1) is 0 Å². The Morgan fingerprint density at radius 1 is 1.16 bits per heavy atom. The second kappa shape index (κ2) is 8.10. The molecule has 1 aromatic carbocycles. The predicted molar refractivity (Wildman–Crippen MR) is 100 cm³/mol. The molecule has 1 aromatic heterocycles. The Hall–Kier alpha value is -2.43. The molecule has 0 spiro atoms. The molecule has 0 N–H and O–H groups in total. The minimum atomic E-state index is 0.0564. The van der Waals surface area contributed by atoms with Gasteiger partial charge in [0.25, 0.3) is 5.91 Å². The minimum Gasteiger partial charge on any atom is -0.336 e. The topological polar surface area (TPSA) is 49.3 Å². The van der Waals surface area contributed by atoms with Crippen molar-refractivity contribution < 1.29 is 4.79 Å². The second-order valence-electron chi connectivity index (χ2n) is 6.41. The van der Waals surface area contributed by atoms with Gasteiger partial charge in [0, 0.05) is 37.2 Å². The minimum absolute atomic E-state index is 0.0564. The van der Waals surface area contributed by atoms with Crippen LogP contribution in [0.15, 0.2) is 42.7 Å². The normalized spacial score (nSPS) is 17.4. The Kier molecular flexibility index (Phi) is 5.64. The molecule has 1 aliphatic heterocycles. The maximum atomic E-state index is 12.8. The van der Waals surface area contributed by atoms with Crippen molar-refractivity contribution in [2.45, 2.75) is 45.6 Å². The summed E-state index contributed by atoms with van der Waals surface area (Å²) >= 11 is 0. The quantitative estimate of drug-likeness (QED) is 0.825. The summed E-state index contributed by atoms with van der Waals surface area (Å²) in [6, 6.07) is 10.4. The van der Waals surface area contributed by atoms with E-state index in [-0.39, 0.29) is 5.91 Å². The van der Waals surface area contributed by atoms with Crippen LogP contribution < -0.4 is 4.90 Å². The number of benzene rings is 1. The predicted octanol–water partition coefficient (Wildman–Crippen LogP) is 4.04. The van der Waals surface area contributed by atoms with Crippen molar-refractivity contribution in [2.75, 3.05) is 18.0 Å². The van der Waals surface area contributed by atoms with Crippen molar-refractivity contribution in [3.8, 4) is 0 Å². The first kappa shape index (κ1) is 17.4. The highest BCUT2D eigenvalue weighted by atomic mass is 16.2. The third-order valence-electron chi connectivity index (χ3n) is 4.87. The lowest BCUT2D eigenvalue weighted by Crippen LogP contribution is -2.43. The standard InChI is InChI=1S/C20H26N4O/c1-3-17-10-8-9-13-24(17)19(25)16-14-21-20(22-15-16)23(4-2)18-11-6-5-7-12-18/h5-7,11-12,14-15,17H,3-4,8-10,13H2,1-2H3. The molecule has 5 nitrogen and oxygen atoms in total. The maximum Gasteiger partial charge on any atom is 0.257 e. The molecule has 1 saturated heterocycles. The lowest BCUT2D eigenvalue weighted by molar-refractivity contribution is 0.0607. The highest BCUT2D eigenvalue weighted by Crippen LogP contribution is 2.23. The van der Waals surface area contributed by atoms with Gasteiger partial charge < -0.3 is 9.80 Å². The van der Waals surface area contributed by atoms with Gasteiger partial charge in [0.1, 0.15) is 0 Å². The molecule has 132 valence electrons. The van der Waals surface area contributed by atoms with Gasteiger partial charge in [0.2, 0.25) is 5.95 Å². The number of piperidine rings is 1. The second-order valence-corrected chi connectivity index (χ2v) is 6.41. The molecule has 0 saturated carbocycles. The monoisotopic (exact) mass is 338 g/mol. The molecule has 1 atom stereocenters. The zero-order valence-corrected chi connectivity index (χ0v) is 15.1. The molecule has 1 fully saturated rings. The molecule has 5 heteroatoms. The molecule has 1 unspecified atom stereocenters. The highest BCUT2D eigenvalue weighted by Gasteiger charge is 2.26. The fourth-order valence-electron chi connectivity index (χ4n) is 3.48. The fraction of sp³-hybridized carbons (Fsp3) is 0.450. The van der Waals surface area contributed by atoms with Crippen LogP contribution in [0.4, 0.5) is 11.6 Å². The van der Waals surface area contributed by atoms with Gasteiger partial charge in [-0.05, 0) is 44.7 Å². The lowest BCUT2D eigenvalue weighted by atomic mass is 9.99. The number of carbonyl (C=O) groups is 1. The molecular formula is C20H26N4O. The molecule has 0 radical (unpaired) electrons. The van der Waals surface area contributed by atoms with Gasteiger partial charge in [0.15, 0.2) is 0 Å². The van der Waals surface area contributed by atoms with E-state index < -0.39 is 0 Å². The van der Waals surface area contributed by atoms with Gasteiger partial charge in [-0.2, -0.15) is 0 Å². The van der Waals surface area contributed by atoms with E-state index in [1.807, 2.05) is 40.1 Å². The molecule has 25 heavy (non-hydrogen) atoms. The van der Waals surface area contributed by atoms with Crippen molar-refractivity contribution in [1.82, 2.24) is 14.9 Å². The van der Waals surface area contributed by atoms with Crippen LogP contribution in [-0.4, -0.2) is 39.9 Å². The average molecular weight is 338 g/mol. The number of para-hydroxylation sites is 1. The Bertz CT molecular complexity index is 687. The first-order valence-electron chi connectivity index (χ1n) is 9.20. The summed E-state index contributed by atoms with van der Waals surface area (Å²) in [4.78, 5) is 25.8. The van der Waals surface area contributed by atoms with Crippen molar-refractivity contribution in [2.24, 2.45) is 0 Å². The van der Waals surface area contributed by atoms with Crippen molar-refractivity contribution in [3.05, 3.63) is 48.3 Å². The van der Waals surface area contributed by atoms with E-state index in [2.05, 4.69) is 23.8 Å². The Labute approximate surface area is 149 Å². The number of anilines is 2. The number of hydrogen-bond donors (Lipinski definition) is 0. The third-order valence-corrected chi connectivity index (χ3v) is 4.87. The Balaban J connectivity index is 1.78. The highest BCUT2D eigenvalue weighted by molar-refractivity contribution is 5.94. The van der Waals surface area contributed by atoms with E-state index in [0.717, 1.165) is 38.0 Å². The van der Waals surface area contributed by atoms with Crippen LogP contribution in [0.5, 0.6) is 0 Å². The number of amides is 1. The third kappa shape index (κ3) is 3.81. The zero-order chi connectivity index (χ0) is 17.6. The van der Waals surface area contributed by atoms with Crippen LogP contribution in [0.2, 0.25) is 0 Å². The van der Waals surface area contributed by atoms with E-state index >= 15 is 0 Å². The smallest absolute Gasteiger partial charge is 0.257 e. The Morgan fingerprint density at radius 3 is 2.52 bits per heavy atom. The average Bonchev–Trinajstić information content (AvgIpc) is 2.69. The molecular weight excluding hydrogens is 312 g/mol. The van der Waals surface area contributed by atoms with Crippen molar-refractivity contribution >= 4 is 17.5 Å². The SMILES string of the molecule is CCC1CCCCN1C(=O)c1cnc(N(CC)c2ccccc2)nc1. The molecule has 1 amide bonds. The summed E-state index contributed by atoms with van der Waals surface area (Å²) in [6.07, 6.45) is 7.72. The summed E-state index contributed by atoms with van der Waals surface area (Å²) in [5.74, 6) is 0.678. The first-order valence-corrected chi connectivity index (χ1v) is 9.20. The van der Waals surface area contributed by atoms with Crippen LogP contribution >= 0.6 is 0 Å². The number of nitrogens with zero attached hydrogens (tertiary/aromatic N) is 4. The van der Waals surface area contributed by atoms with E-state index in [4.69, 9.17) is 0 Å². The number of likely N-dealkylation sites (tertiary alicyclic amines) is 1. The molecule has 0 aliphatic carbocycles. The van der Waals surface area contributed by atoms with Crippen LogP contribution in [0.1, 0.15) is 49.9 Å². The van der Waals surface area contributed by atoms with Gasteiger partial charge in [0.05, 0.1) is 5.56 Å². The fourth-order valence-corrected chi connectivity index (χ4v) is 3.48. The lowest BCUT2D eigenvalue weighted by Gasteiger charge is -2.35. The van der Waals surface area contributed by atoms with Gasteiger partial charge in [-0.3, -0.25) is 4.79 Å². The van der Waals surface area contributed by atoms with Crippen LogP contribution in [0.25, 0.3) is 0 Å². The van der Waals surface area contributed by atoms with E-state index in [9.17, 15) is 4.79 Å². The van der Waals surface area contributed by atoms with Gasteiger partial charge in [-0.25, -0.2) is 9.97 Å². The number of hydrogen-bond acceptors (Lipinski definition) is 4. The zero-order valence-electron chi connectivity index (χ0n) is 15.1. The van der Waals surface area contributed by atoms with Crippen LogP contribution in [0.3, 0.4) is 0 Å². The Morgan fingerprint density at radius 2 is 1.88 bits per heavy atom. The van der Waals surface area contributed by atoms with E-state index in [1.165, 1.54) is 6.42 Å². The molecule has 2 aromatic rings. The van der Waals surface area contributed by atoms with Crippen LogP contribution in [-0.2, 0) is 0 Å². The largest absolute Gasteiger partial charge is 0.336 e. The molecule has 3 rings (SSSR count). The van der Waals surface area contributed by atoms with Gasteiger partial charge >= 0.3 is 0 Å². The summed E-state index contributed by atoms with van der Waals surface area (Å²) < 4.78 is 0.